The number of nitrogens with one attached hydrogen (secondary N) is 2. The van der Waals surface area contributed by atoms with Crippen molar-refractivity contribution in [2.24, 2.45) is 0 Å². The Kier molecular flexibility index (Phi) is 7.39. The fraction of sp³-hybridized carbons (Fsp3) is 0.227. The lowest BCUT2D eigenvalue weighted by atomic mass is 10.1. The molecule has 4 aromatic rings. The third-order valence-electron chi connectivity index (χ3n) is 5.06. The van der Waals surface area contributed by atoms with E-state index in [-0.39, 0.29) is 52.1 Å². The van der Waals surface area contributed by atoms with Crippen molar-refractivity contribution < 1.29 is 27.2 Å². The van der Waals surface area contributed by atoms with Gasteiger partial charge in [0, 0.05) is 12.7 Å². The van der Waals surface area contributed by atoms with Gasteiger partial charge in [0.05, 0.1) is 22.0 Å². The minimum absolute atomic E-state index is 0.0490. The second kappa shape index (κ2) is 10.5. The highest BCUT2D eigenvalue weighted by Gasteiger charge is 2.37. The van der Waals surface area contributed by atoms with Crippen LogP contribution in [0.2, 0.25) is 5.02 Å². The quantitative estimate of drug-likeness (QED) is 0.336. The largest absolute Gasteiger partial charge is 0.455 e. The number of carbonyl (C=O) groups excluding carboxylic acids is 2. The van der Waals surface area contributed by atoms with Gasteiger partial charge in [-0.05, 0) is 55.0 Å². The number of tetrazole rings is 1. The summed E-state index contributed by atoms with van der Waals surface area (Å²) in [7, 11) is 0. The van der Waals surface area contributed by atoms with E-state index in [2.05, 4.69) is 36.1 Å². The van der Waals surface area contributed by atoms with Gasteiger partial charge in [-0.3, -0.25) is 9.59 Å². The first-order chi connectivity index (χ1) is 18.0. The number of carbonyl (C=O) groups is 2. The summed E-state index contributed by atoms with van der Waals surface area (Å²) >= 11 is 6.25. The number of halogens is 5. The van der Waals surface area contributed by atoms with Crippen molar-refractivity contribution >= 4 is 29.1 Å². The van der Waals surface area contributed by atoms with Crippen molar-refractivity contribution in [1.29, 1.82) is 0 Å². The van der Waals surface area contributed by atoms with E-state index < -0.39 is 29.6 Å². The van der Waals surface area contributed by atoms with Crippen LogP contribution in [0.25, 0.3) is 5.82 Å². The van der Waals surface area contributed by atoms with E-state index in [9.17, 15) is 27.2 Å². The first-order valence-corrected chi connectivity index (χ1v) is 11.3. The minimum atomic E-state index is -4.79. The number of nitrogens with zero attached hydrogens (tertiary/aromatic N) is 7. The smallest absolute Gasteiger partial charge is 0.352 e. The van der Waals surface area contributed by atoms with Crippen LogP contribution in [0.15, 0.2) is 36.5 Å². The van der Waals surface area contributed by atoms with Crippen LogP contribution in [-0.4, -0.2) is 53.3 Å². The van der Waals surface area contributed by atoms with E-state index in [1.807, 2.05) is 0 Å². The van der Waals surface area contributed by atoms with Crippen LogP contribution in [0.4, 0.5) is 23.2 Å². The van der Waals surface area contributed by atoms with Gasteiger partial charge in [-0.2, -0.15) is 23.1 Å². The van der Waals surface area contributed by atoms with Crippen LogP contribution in [0.5, 0.6) is 0 Å². The molecule has 0 aliphatic carbocycles. The number of alkyl halides is 3. The van der Waals surface area contributed by atoms with E-state index in [1.165, 1.54) is 25.3 Å². The molecule has 0 aliphatic heterocycles. The average molecular weight is 552 g/mol. The summed E-state index contributed by atoms with van der Waals surface area (Å²) in [5.74, 6) is -3.45. The highest BCUT2D eigenvalue weighted by atomic mass is 35.5. The molecule has 0 radical (unpaired) electrons. The van der Waals surface area contributed by atoms with Gasteiger partial charge in [-0.15, -0.1) is 10.2 Å². The highest BCUT2D eigenvalue weighted by molar-refractivity contribution is 6.32. The van der Waals surface area contributed by atoms with Crippen molar-refractivity contribution in [3.63, 3.8) is 0 Å². The molecular weight excluding hydrogens is 534 g/mol. The lowest BCUT2D eigenvalue weighted by Crippen LogP contribution is -2.26. The number of hydrogen-bond acceptors (Lipinski definition) is 7. The number of rotatable bonds is 7. The van der Waals surface area contributed by atoms with E-state index in [0.717, 1.165) is 16.8 Å². The van der Waals surface area contributed by atoms with Crippen molar-refractivity contribution in [2.45, 2.75) is 26.6 Å². The Morgan fingerprint density at radius 2 is 1.89 bits per heavy atom. The zero-order chi connectivity index (χ0) is 27.6. The topological polar surface area (TPSA) is 133 Å². The Morgan fingerprint density at radius 1 is 1.13 bits per heavy atom. The Balaban J connectivity index is 1.74. The van der Waals surface area contributed by atoms with Crippen LogP contribution in [-0.2, 0) is 12.7 Å². The molecule has 1 aromatic carbocycles. The third kappa shape index (κ3) is 5.61. The van der Waals surface area contributed by atoms with Crippen LogP contribution in [0, 0.1) is 12.7 Å². The van der Waals surface area contributed by atoms with Gasteiger partial charge in [0.2, 0.25) is 0 Å². The minimum Gasteiger partial charge on any atom is -0.352 e. The average Bonchev–Trinajstić information content (AvgIpc) is 3.49. The SMILES string of the molecule is CCNC(=O)c1cc(F)cc(C)c1NC(=O)c1cc(Cn2nnc(C(F)(F)F)n2)nn1-c1ncccc1Cl. The summed E-state index contributed by atoms with van der Waals surface area (Å²) in [6.45, 7) is 3.08. The normalized spacial score (nSPS) is 11.4. The van der Waals surface area contributed by atoms with Gasteiger partial charge in [-0.25, -0.2) is 14.1 Å². The summed E-state index contributed by atoms with van der Waals surface area (Å²) < 4.78 is 53.7. The molecule has 3 aromatic heterocycles. The van der Waals surface area contributed by atoms with E-state index in [1.54, 1.807) is 13.0 Å². The van der Waals surface area contributed by atoms with E-state index in [4.69, 9.17) is 11.6 Å². The summed E-state index contributed by atoms with van der Waals surface area (Å²) in [6, 6.07) is 6.45. The number of amides is 2. The monoisotopic (exact) mass is 551 g/mol. The van der Waals surface area contributed by atoms with Gasteiger partial charge in [0.1, 0.15) is 18.1 Å². The van der Waals surface area contributed by atoms with Gasteiger partial charge < -0.3 is 10.6 Å². The molecule has 38 heavy (non-hydrogen) atoms. The Morgan fingerprint density at radius 3 is 2.55 bits per heavy atom. The zero-order valence-corrected chi connectivity index (χ0v) is 20.5. The lowest BCUT2D eigenvalue weighted by molar-refractivity contribution is -0.145. The first kappa shape index (κ1) is 26.7. The molecule has 0 atom stereocenters. The van der Waals surface area contributed by atoms with Gasteiger partial charge in [0.15, 0.2) is 5.82 Å². The second-order valence-corrected chi connectivity index (χ2v) is 8.25. The van der Waals surface area contributed by atoms with Gasteiger partial charge in [-0.1, -0.05) is 11.6 Å². The molecule has 0 saturated carbocycles. The summed E-state index contributed by atoms with van der Waals surface area (Å²) in [4.78, 5) is 30.7. The molecule has 2 N–H and O–H groups in total. The number of aromatic nitrogens is 7. The lowest BCUT2D eigenvalue weighted by Gasteiger charge is -2.15. The van der Waals surface area contributed by atoms with Gasteiger partial charge >= 0.3 is 6.18 Å². The Hall–Kier alpha value is -4.40. The molecule has 198 valence electrons. The number of pyridine rings is 1. The molecule has 0 unspecified atom stereocenters. The van der Waals surface area contributed by atoms with Crippen LogP contribution in [0.3, 0.4) is 0 Å². The highest BCUT2D eigenvalue weighted by Crippen LogP contribution is 2.26. The molecule has 11 nitrogen and oxygen atoms in total. The maximum absolute atomic E-state index is 14.1. The van der Waals surface area contributed by atoms with Crippen molar-refractivity contribution in [1.82, 2.24) is 40.3 Å². The van der Waals surface area contributed by atoms with Crippen LogP contribution in [0.1, 0.15) is 44.9 Å². The van der Waals surface area contributed by atoms with E-state index in [0.29, 0.717) is 4.80 Å². The fourth-order valence-corrected chi connectivity index (χ4v) is 3.66. The second-order valence-electron chi connectivity index (χ2n) is 7.84. The zero-order valence-electron chi connectivity index (χ0n) is 19.7. The molecule has 0 saturated heterocycles. The number of anilines is 1. The molecule has 4 rings (SSSR count). The molecule has 16 heteroatoms. The van der Waals surface area contributed by atoms with Crippen molar-refractivity contribution in [3.05, 3.63) is 75.7 Å². The molecule has 0 fully saturated rings. The summed E-state index contributed by atoms with van der Waals surface area (Å²) in [5, 5.41) is 19.2. The molecule has 3 heterocycles. The van der Waals surface area contributed by atoms with Crippen LogP contribution >= 0.6 is 11.6 Å². The maximum Gasteiger partial charge on any atom is 0.455 e. The molecular formula is C22H18ClF4N9O2. The standard InChI is InChI=1S/C22H18ClF4N9O2/c1-3-28-19(37)14-8-12(24)7-11(2)17(14)30-20(38)16-9-13(10-35-33-21(31-34-35)22(25,26)27)32-36(16)18-15(23)5-4-6-29-18/h4-9H,3,10H2,1-2H3,(H,28,37)(H,30,38). The van der Waals surface area contributed by atoms with Gasteiger partial charge in [0.25, 0.3) is 17.6 Å². The molecule has 0 spiro atoms. The van der Waals surface area contributed by atoms with Crippen molar-refractivity contribution in [2.75, 3.05) is 11.9 Å². The maximum atomic E-state index is 14.1. The van der Waals surface area contributed by atoms with Crippen molar-refractivity contribution in [3.8, 4) is 5.82 Å². The van der Waals surface area contributed by atoms with E-state index >= 15 is 0 Å². The molecule has 0 bridgehead atoms. The molecule has 2 amide bonds. The Bertz CT molecular complexity index is 1520. The first-order valence-electron chi connectivity index (χ1n) is 10.9. The van der Waals surface area contributed by atoms with Crippen LogP contribution < -0.4 is 10.6 Å². The third-order valence-corrected chi connectivity index (χ3v) is 5.36. The number of benzene rings is 1. The predicted molar refractivity (Wildman–Crippen MR) is 125 cm³/mol. The summed E-state index contributed by atoms with van der Waals surface area (Å²) in [6.07, 6.45) is -3.39. The predicted octanol–water partition coefficient (Wildman–Crippen LogP) is 3.42. The fourth-order valence-electron chi connectivity index (χ4n) is 3.45. The number of aryl methyl sites for hydroxylation is 1. The number of hydrogen-bond donors (Lipinski definition) is 2. The molecule has 0 aliphatic rings. The summed E-state index contributed by atoms with van der Waals surface area (Å²) in [5.41, 5.74) is 0.154. The Labute approximate surface area is 216 Å².